The largest absolute Gasteiger partial charge is 0.490 e. The first-order chi connectivity index (χ1) is 17.4. The molecule has 0 aromatic heterocycles. The second kappa shape index (κ2) is 11.5. The van der Waals surface area contributed by atoms with Crippen molar-refractivity contribution in [2.45, 2.75) is 19.1 Å². The third kappa shape index (κ3) is 6.52. The van der Waals surface area contributed by atoms with Gasteiger partial charge >= 0.3 is 12.1 Å². The minimum Gasteiger partial charge on any atom is -0.475 e. The number of nitrogens with two attached hydrogens (primary N) is 1. The van der Waals surface area contributed by atoms with Crippen LogP contribution >= 0.6 is 0 Å². The molecule has 2 aliphatic rings. The van der Waals surface area contributed by atoms with Gasteiger partial charge in [-0.15, -0.1) is 0 Å². The first-order valence-corrected chi connectivity index (χ1v) is 11.5. The van der Waals surface area contributed by atoms with E-state index >= 15 is 0 Å². The number of halogens is 3. The van der Waals surface area contributed by atoms with Crippen LogP contribution in [0, 0.1) is 0 Å². The Balaban J connectivity index is 0.000000479. The summed E-state index contributed by atoms with van der Waals surface area (Å²) >= 11 is 0. The zero-order valence-corrected chi connectivity index (χ0v) is 20.0. The van der Waals surface area contributed by atoms with Crippen LogP contribution in [-0.2, 0) is 9.59 Å². The standard InChI is InChI=1S/C23H26N4O3.C2HF3O2/c1-15(24)23(30)27-13-11-26(12-14-27)10-9-25-19-8-4-7-18-20(19)22(29)17-6-3-2-5-16(17)21(18)28;3-2(4,5)1(6)7/h2-8,15,25H,9-14,24H2,1H3;(H,6,7)/t15-;/m0./s1. The van der Waals surface area contributed by atoms with Crippen molar-refractivity contribution in [3.05, 3.63) is 64.7 Å². The molecule has 1 heterocycles. The van der Waals surface area contributed by atoms with Crippen LogP contribution in [0.25, 0.3) is 0 Å². The van der Waals surface area contributed by atoms with Crippen LogP contribution in [0.5, 0.6) is 0 Å². The molecule has 4 rings (SSSR count). The second-order valence-corrected chi connectivity index (χ2v) is 8.62. The molecule has 0 spiro atoms. The van der Waals surface area contributed by atoms with Crippen molar-refractivity contribution in [1.82, 2.24) is 9.80 Å². The van der Waals surface area contributed by atoms with E-state index in [1.807, 2.05) is 11.0 Å². The number of hydrogen-bond donors (Lipinski definition) is 3. The zero-order valence-electron chi connectivity index (χ0n) is 20.0. The van der Waals surface area contributed by atoms with Gasteiger partial charge in [0.05, 0.1) is 11.6 Å². The maximum atomic E-state index is 13.0. The lowest BCUT2D eigenvalue weighted by molar-refractivity contribution is -0.192. The summed E-state index contributed by atoms with van der Waals surface area (Å²) in [6.45, 7) is 6.05. The minimum absolute atomic E-state index is 0.00727. The molecule has 1 saturated heterocycles. The Bertz CT molecular complexity index is 1190. The van der Waals surface area contributed by atoms with Crippen LogP contribution in [0.2, 0.25) is 0 Å². The van der Waals surface area contributed by atoms with Gasteiger partial charge in [0.15, 0.2) is 11.6 Å². The normalized spacial score (nSPS) is 16.2. The predicted molar refractivity (Wildman–Crippen MR) is 129 cm³/mol. The van der Waals surface area contributed by atoms with Gasteiger partial charge in [-0.1, -0.05) is 36.4 Å². The lowest BCUT2D eigenvalue weighted by Gasteiger charge is -2.35. The molecule has 1 fully saturated rings. The molecule has 1 aliphatic carbocycles. The number of nitrogens with zero attached hydrogens (tertiary/aromatic N) is 2. The van der Waals surface area contributed by atoms with E-state index < -0.39 is 18.2 Å². The highest BCUT2D eigenvalue weighted by atomic mass is 19.4. The smallest absolute Gasteiger partial charge is 0.475 e. The molecule has 4 N–H and O–H groups in total. The van der Waals surface area contributed by atoms with Crippen LogP contribution < -0.4 is 11.1 Å². The van der Waals surface area contributed by atoms with Crippen molar-refractivity contribution in [3.8, 4) is 0 Å². The maximum Gasteiger partial charge on any atom is 0.490 e. The zero-order chi connectivity index (χ0) is 27.3. The third-order valence-corrected chi connectivity index (χ3v) is 6.01. The Morgan fingerprint density at radius 3 is 2.05 bits per heavy atom. The summed E-state index contributed by atoms with van der Waals surface area (Å²) in [6, 6.07) is 11.9. The van der Waals surface area contributed by atoms with Crippen LogP contribution in [0.1, 0.15) is 38.8 Å². The van der Waals surface area contributed by atoms with Gasteiger partial charge in [-0.25, -0.2) is 4.79 Å². The highest BCUT2D eigenvalue weighted by molar-refractivity contribution is 6.30. The summed E-state index contributed by atoms with van der Waals surface area (Å²) in [6.07, 6.45) is -5.08. The van der Waals surface area contributed by atoms with E-state index in [1.165, 1.54) is 0 Å². The van der Waals surface area contributed by atoms with Gasteiger partial charge in [0, 0.05) is 61.6 Å². The summed E-state index contributed by atoms with van der Waals surface area (Å²) < 4.78 is 31.7. The van der Waals surface area contributed by atoms with Crippen molar-refractivity contribution in [3.63, 3.8) is 0 Å². The molecule has 0 unspecified atom stereocenters. The molecule has 0 saturated carbocycles. The summed E-state index contributed by atoms with van der Waals surface area (Å²) in [7, 11) is 0. The molecule has 37 heavy (non-hydrogen) atoms. The van der Waals surface area contributed by atoms with Crippen LogP contribution in [-0.4, -0.2) is 89.8 Å². The third-order valence-electron chi connectivity index (χ3n) is 6.01. The number of carbonyl (C=O) groups excluding carboxylic acids is 3. The molecular weight excluding hydrogens is 493 g/mol. The average molecular weight is 521 g/mol. The van der Waals surface area contributed by atoms with Gasteiger partial charge in [-0.2, -0.15) is 13.2 Å². The van der Waals surface area contributed by atoms with Crippen LogP contribution in [0.3, 0.4) is 0 Å². The van der Waals surface area contributed by atoms with Crippen LogP contribution in [0.15, 0.2) is 42.5 Å². The molecule has 1 atom stereocenters. The molecule has 2 aromatic rings. The monoisotopic (exact) mass is 520 g/mol. The van der Waals surface area contributed by atoms with E-state index in [1.54, 1.807) is 43.3 Å². The lowest BCUT2D eigenvalue weighted by atomic mass is 9.83. The fraction of sp³-hybridized carbons (Fsp3) is 0.360. The lowest BCUT2D eigenvalue weighted by Crippen LogP contribution is -2.53. The SMILES string of the molecule is C[C@H](N)C(=O)N1CCN(CCNc2cccc3c2C(=O)c2ccccc2C3=O)CC1.O=C(O)C(F)(F)F. The second-order valence-electron chi connectivity index (χ2n) is 8.62. The maximum absolute atomic E-state index is 13.0. The van der Waals surface area contributed by atoms with E-state index in [2.05, 4.69) is 10.2 Å². The number of anilines is 1. The van der Waals surface area contributed by atoms with Crippen molar-refractivity contribution < 1.29 is 37.5 Å². The molecule has 198 valence electrons. The van der Waals surface area contributed by atoms with E-state index in [-0.39, 0.29) is 17.5 Å². The Hall–Kier alpha value is -3.77. The number of aliphatic carboxylic acids is 1. The number of amides is 1. The van der Waals surface area contributed by atoms with Gasteiger partial charge in [-0.05, 0) is 13.0 Å². The van der Waals surface area contributed by atoms with Crippen molar-refractivity contribution in [1.29, 1.82) is 0 Å². The van der Waals surface area contributed by atoms with E-state index in [9.17, 15) is 27.6 Å². The van der Waals surface area contributed by atoms with E-state index in [0.717, 1.165) is 19.6 Å². The quantitative estimate of drug-likeness (QED) is 0.465. The summed E-state index contributed by atoms with van der Waals surface area (Å²) in [4.78, 5) is 50.8. The number of rotatable bonds is 5. The Kier molecular flexibility index (Phi) is 8.66. The van der Waals surface area contributed by atoms with Crippen LogP contribution in [0.4, 0.5) is 18.9 Å². The summed E-state index contributed by atoms with van der Waals surface area (Å²) in [5.74, 6) is -3.00. The van der Waals surface area contributed by atoms with Gasteiger partial charge in [0.25, 0.3) is 0 Å². The Labute approximate surface area is 211 Å². The summed E-state index contributed by atoms with van der Waals surface area (Å²) in [5.41, 5.74) is 8.20. The number of carboxylic acids is 1. The number of carbonyl (C=O) groups is 4. The number of nitrogens with one attached hydrogen (secondary N) is 1. The molecule has 1 amide bonds. The fourth-order valence-electron chi connectivity index (χ4n) is 4.12. The Morgan fingerprint density at radius 1 is 0.973 bits per heavy atom. The molecule has 0 radical (unpaired) electrons. The van der Waals surface area contributed by atoms with Gasteiger partial charge in [-0.3, -0.25) is 19.3 Å². The van der Waals surface area contributed by atoms with Gasteiger partial charge in [0.2, 0.25) is 5.91 Å². The number of hydrogen-bond acceptors (Lipinski definition) is 7. The number of benzene rings is 2. The molecule has 1 aliphatic heterocycles. The Morgan fingerprint density at radius 2 is 1.51 bits per heavy atom. The first kappa shape index (κ1) is 27.8. The van der Waals surface area contributed by atoms with Crippen molar-refractivity contribution >= 4 is 29.1 Å². The topological polar surface area (TPSA) is 133 Å². The van der Waals surface area contributed by atoms with Gasteiger partial charge in [0.1, 0.15) is 0 Å². The van der Waals surface area contributed by atoms with Crippen molar-refractivity contribution in [2.75, 3.05) is 44.6 Å². The summed E-state index contributed by atoms with van der Waals surface area (Å²) in [5, 5.41) is 10.5. The van der Waals surface area contributed by atoms with E-state index in [0.29, 0.717) is 47.6 Å². The predicted octanol–water partition coefficient (Wildman–Crippen LogP) is 2.00. The number of carboxylic acid groups (broad SMARTS) is 1. The van der Waals surface area contributed by atoms with Crippen molar-refractivity contribution in [2.24, 2.45) is 5.73 Å². The fourth-order valence-corrected chi connectivity index (χ4v) is 4.12. The minimum atomic E-state index is -5.08. The molecule has 9 nitrogen and oxygen atoms in total. The molecule has 2 aromatic carbocycles. The molecular formula is C25H27F3N4O5. The highest BCUT2D eigenvalue weighted by Gasteiger charge is 2.38. The number of alkyl halides is 3. The molecule has 12 heteroatoms. The number of ketones is 2. The number of piperazine rings is 1. The first-order valence-electron chi connectivity index (χ1n) is 11.5. The molecule has 0 bridgehead atoms. The average Bonchev–Trinajstić information content (AvgIpc) is 2.87. The number of fused-ring (bicyclic) bond motifs is 2. The highest BCUT2D eigenvalue weighted by Crippen LogP contribution is 2.31. The van der Waals surface area contributed by atoms with E-state index in [4.69, 9.17) is 15.6 Å². The van der Waals surface area contributed by atoms with Gasteiger partial charge < -0.3 is 21.1 Å².